The summed E-state index contributed by atoms with van der Waals surface area (Å²) in [6.07, 6.45) is -0.114. The van der Waals surface area contributed by atoms with Crippen LogP contribution in [0.15, 0.2) is 22.4 Å². The SMILES string of the molecule is NC(=O)CCC(=O)N(N)c1c(Br)c(Br)c(Br)c(Br)c1Br. The second kappa shape index (κ2) is 7.68. The van der Waals surface area contributed by atoms with Crippen LogP contribution in [-0.2, 0) is 9.59 Å². The standard InChI is InChI=1S/C10H8Br5N3O2/c11-5-6(12)8(14)10(9(15)7(5)13)18(17)4(20)2-1-3(16)19/h1-2,17H2,(H2,16,19). The first-order chi connectivity index (χ1) is 9.18. The number of nitrogens with two attached hydrogens (primary N) is 2. The van der Waals surface area contributed by atoms with Crippen LogP contribution in [0.5, 0.6) is 0 Å². The second-order valence-electron chi connectivity index (χ2n) is 3.65. The first-order valence-electron chi connectivity index (χ1n) is 5.05. The van der Waals surface area contributed by atoms with Gasteiger partial charge < -0.3 is 5.73 Å². The second-order valence-corrected chi connectivity index (χ2v) is 7.61. The van der Waals surface area contributed by atoms with E-state index in [9.17, 15) is 9.59 Å². The van der Waals surface area contributed by atoms with Crippen molar-refractivity contribution in [3.8, 4) is 0 Å². The van der Waals surface area contributed by atoms with Crippen LogP contribution in [-0.4, -0.2) is 11.8 Å². The van der Waals surface area contributed by atoms with Crippen molar-refractivity contribution >= 4 is 97.2 Å². The maximum atomic E-state index is 12.0. The lowest BCUT2D eigenvalue weighted by Crippen LogP contribution is -2.38. The Labute approximate surface area is 157 Å². The molecular weight excluding hydrogens is 594 g/mol. The fourth-order valence-electron chi connectivity index (χ4n) is 1.28. The molecule has 1 aromatic rings. The summed E-state index contributed by atoms with van der Waals surface area (Å²) in [5.41, 5.74) is 5.45. The van der Waals surface area contributed by atoms with E-state index in [1.165, 1.54) is 0 Å². The number of hydrogen-bond acceptors (Lipinski definition) is 3. The van der Waals surface area contributed by atoms with Gasteiger partial charge in [-0.1, -0.05) is 0 Å². The molecule has 0 aliphatic rings. The molecule has 5 nitrogen and oxygen atoms in total. The van der Waals surface area contributed by atoms with Crippen LogP contribution in [0.2, 0.25) is 0 Å². The van der Waals surface area contributed by atoms with Crippen molar-refractivity contribution < 1.29 is 9.59 Å². The van der Waals surface area contributed by atoms with Gasteiger partial charge in [-0.2, -0.15) is 0 Å². The number of carbonyl (C=O) groups excluding carboxylic acids is 2. The molecule has 0 spiro atoms. The number of carbonyl (C=O) groups is 2. The Morgan fingerprint density at radius 1 is 0.850 bits per heavy atom. The van der Waals surface area contributed by atoms with Crippen molar-refractivity contribution in [3.05, 3.63) is 22.4 Å². The van der Waals surface area contributed by atoms with Gasteiger partial charge in [-0.15, -0.1) is 0 Å². The smallest absolute Gasteiger partial charge is 0.241 e. The number of benzene rings is 1. The van der Waals surface area contributed by atoms with E-state index in [-0.39, 0.29) is 12.8 Å². The Morgan fingerprint density at radius 3 is 1.65 bits per heavy atom. The highest BCUT2D eigenvalue weighted by atomic mass is 79.9. The summed E-state index contributed by atoms with van der Waals surface area (Å²) in [7, 11) is 0. The fraction of sp³-hybridized carbons (Fsp3) is 0.200. The van der Waals surface area contributed by atoms with Crippen LogP contribution < -0.4 is 16.6 Å². The molecule has 0 fully saturated rings. The summed E-state index contributed by atoms with van der Waals surface area (Å²) >= 11 is 16.9. The average Bonchev–Trinajstić information content (AvgIpc) is 2.40. The van der Waals surface area contributed by atoms with Crippen molar-refractivity contribution in [2.45, 2.75) is 12.8 Å². The predicted octanol–water partition coefficient (Wildman–Crippen LogP) is 3.97. The van der Waals surface area contributed by atoms with E-state index in [4.69, 9.17) is 11.6 Å². The lowest BCUT2D eigenvalue weighted by molar-refractivity contribution is -0.123. The Morgan fingerprint density at radius 2 is 1.25 bits per heavy atom. The highest BCUT2D eigenvalue weighted by molar-refractivity contribution is 9.15. The highest BCUT2D eigenvalue weighted by Crippen LogP contribution is 2.48. The van der Waals surface area contributed by atoms with Gasteiger partial charge in [0.2, 0.25) is 11.8 Å². The molecule has 0 radical (unpaired) electrons. The van der Waals surface area contributed by atoms with Crippen LogP contribution in [0.25, 0.3) is 0 Å². The molecule has 0 atom stereocenters. The minimum Gasteiger partial charge on any atom is -0.370 e. The molecule has 0 aromatic heterocycles. The molecule has 1 rings (SSSR count). The molecule has 0 aliphatic heterocycles. The predicted molar refractivity (Wildman–Crippen MR) is 95.0 cm³/mol. The molecule has 10 heteroatoms. The topological polar surface area (TPSA) is 89.4 Å². The van der Waals surface area contributed by atoms with E-state index in [1.807, 2.05) is 0 Å². The maximum Gasteiger partial charge on any atom is 0.241 e. The van der Waals surface area contributed by atoms with Gasteiger partial charge in [-0.25, -0.2) is 10.9 Å². The Bertz CT molecular complexity index is 549. The average molecular weight is 602 g/mol. The number of anilines is 1. The highest BCUT2D eigenvalue weighted by Gasteiger charge is 2.24. The van der Waals surface area contributed by atoms with Gasteiger partial charge in [0.15, 0.2) is 0 Å². The molecule has 4 N–H and O–H groups in total. The zero-order valence-corrected chi connectivity index (χ0v) is 17.7. The molecule has 0 saturated heterocycles. The first kappa shape index (κ1) is 18.6. The molecule has 0 saturated carbocycles. The number of halogens is 5. The summed E-state index contributed by atoms with van der Waals surface area (Å²) in [6.45, 7) is 0. The van der Waals surface area contributed by atoms with E-state index in [0.717, 1.165) is 9.48 Å². The monoisotopic (exact) mass is 597 g/mol. The molecule has 2 amide bonds. The quantitative estimate of drug-likeness (QED) is 0.180. The third-order valence-electron chi connectivity index (χ3n) is 2.28. The van der Waals surface area contributed by atoms with Crippen molar-refractivity contribution in [3.63, 3.8) is 0 Å². The van der Waals surface area contributed by atoms with Crippen LogP contribution in [0.1, 0.15) is 12.8 Å². The Kier molecular flexibility index (Phi) is 7.13. The van der Waals surface area contributed by atoms with Crippen molar-refractivity contribution in [2.75, 3.05) is 5.01 Å². The van der Waals surface area contributed by atoms with Gasteiger partial charge in [-0.05, 0) is 79.6 Å². The number of amides is 2. The molecule has 0 heterocycles. The van der Waals surface area contributed by atoms with E-state index in [1.54, 1.807) is 0 Å². The van der Waals surface area contributed by atoms with Crippen molar-refractivity contribution in [2.24, 2.45) is 11.6 Å². The summed E-state index contributed by atoms with van der Waals surface area (Å²) in [6, 6.07) is 0. The third kappa shape index (κ3) is 4.04. The van der Waals surface area contributed by atoms with Crippen molar-refractivity contribution in [1.29, 1.82) is 0 Å². The molecule has 110 valence electrons. The Balaban J connectivity index is 3.20. The normalized spacial score (nSPS) is 10.5. The van der Waals surface area contributed by atoms with Crippen LogP contribution >= 0.6 is 79.6 Å². The van der Waals surface area contributed by atoms with Gasteiger partial charge in [-0.3, -0.25) is 9.59 Å². The Hall–Kier alpha value is 0.520. The lowest BCUT2D eigenvalue weighted by Gasteiger charge is -2.22. The van der Waals surface area contributed by atoms with E-state index in [0.29, 0.717) is 23.6 Å². The van der Waals surface area contributed by atoms with Gasteiger partial charge in [0.25, 0.3) is 0 Å². The molecular formula is C10H8Br5N3O2. The summed E-state index contributed by atoms with van der Waals surface area (Å²) < 4.78 is 3.34. The van der Waals surface area contributed by atoms with Gasteiger partial charge in [0, 0.05) is 26.3 Å². The first-order valence-corrected chi connectivity index (χ1v) is 9.02. The van der Waals surface area contributed by atoms with Crippen LogP contribution in [0.4, 0.5) is 5.69 Å². The summed E-state index contributed by atoms with van der Waals surface area (Å²) in [4.78, 5) is 22.7. The molecule has 0 bridgehead atoms. The zero-order valence-electron chi connectivity index (χ0n) is 9.72. The van der Waals surface area contributed by atoms with Crippen LogP contribution in [0, 0.1) is 0 Å². The number of hydrazine groups is 1. The molecule has 0 aliphatic carbocycles. The molecule has 1 aromatic carbocycles. The lowest BCUT2D eigenvalue weighted by atomic mass is 10.2. The van der Waals surface area contributed by atoms with E-state index >= 15 is 0 Å². The summed E-state index contributed by atoms with van der Waals surface area (Å²) in [5.74, 6) is 4.85. The molecule has 0 unspecified atom stereocenters. The maximum absolute atomic E-state index is 12.0. The third-order valence-corrected chi connectivity index (χ3v) is 8.33. The van der Waals surface area contributed by atoms with Gasteiger partial charge in [0.1, 0.15) is 0 Å². The molecule has 20 heavy (non-hydrogen) atoms. The van der Waals surface area contributed by atoms with Gasteiger partial charge >= 0.3 is 0 Å². The minimum absolute atomic E-state index is 0.0549. The fourth-order valence-corrected chi connectivity index (χ4v) is 4.69. The van der Waals surface area contributed by atoms with Gasteiger partial charge in [0.05, 0.1) is 14.6 Å². The zero-order chi connectivity index (χ0) is 15.6. The number of nitrogens with zero attached hydrogens (tertiary/aromatic N) is 1. The largest absolute Gasteiger partial charge is 0.370 e. The van der Waals surface area contributed by atoms with E-state index < -0.39 is 11.8 Å². The number of rotatable bonds is 4. The number of primary amides is 1. The summed E-state index contributed by atoms with van der Waals surface area (Å²) in [5, 5.41) is 0.971. The minimum atomic E-state index is -0.553. The van der Waals surface area contributed by atoms with Crippen molar-refractivity contribution in [1.82, 2.24) is 0 Å². The van der Waals surface area contributed by atoms with Crippen LogP contribution in [0.3, 0.4) is 0 Å². The van der Waals surface area contributed by atoms with E-state index in [2.05, 4.69) is 79.6 Å². The number of hydrogen-bond donors (Lipinski definition) is 2.